The molecule has 2 atom stereocenters. The van der Waals surface area contributed by atoms with Gasteiger partial charge in [0.2, 0.25) is 11.1 Å². The minimum Gasteiger partial charge on any atom is -0.358 e. The molecule has 0 aromatic carbocycles. The number of aryl methyl sites for hydroxylation is 1. The number of anilines is 3. The van der Waals surface area contributed by atoms with E-state index in [1.165, 1.54) is 11.5 Å². The molecule has 130 valence electrons. The third-order valence-electron chi connectivity index (χ3n) is 3.96. The third-order valence-corrected chi connectivity index (χ3v) is 4.67. The summed E-state index contributed by atoms with van der Waals surface area (Å²) >= 11 is 1.34. The molecule has 3 heterocycles. The summed E-state index contributed by atoms with van der Waals surface area (Å²) in [5.74, 6) is 2.21. The Hall–Kier alpha value is -2.03. The van der Waals surface area contributed by atoms with Crippen molar-refractivity contribution in [3.63, 3.8) is 0 Å². The van der Waals surface area contributed by atoms with E-state index >= 15 is 0 Å². The Morgan fingerprint density at radius 3 is 2.96 bits per heavy atom. The predicted molar refractivity (Wildman–Crippen MR) is 94.8 cm³/mol. The zero-order valence-corrected chi connectivity index (χ0v) is 14.9. The highest BCUT2D eigenvalue weighted by atomic mass is 32.1. The maximum absolute atomic E-state index is 14.0. The molecule has 0 unspecified atom stereocenters. The van der Waals surface area contributed by atoms with Crippen molar-refractivity contribution in [1.82, 2.24) is 19.3 Å². The van der Waals surface area contributed by atoms with Gasteiger partial charge in [0, 0.05) is 51.2 Å². The van der Waals surface area contributed by atoms with Crippen LogP contribution in [-0.2, 0) is 6.42 Å². The Morgan fingerprint density at radius 1 is 1.42 bits per heavy atom. The normalized spacial score (nSPS) is 20.4. The van der Waals surface area contributed by atoms with E-state index < -0.39 is 6.17 Å². The smallest absolute Gasteiger partial charge is 0.226 e. The molecular formula is C15H22FN7S. The Kier molecular flexibility index (Phi) is 5.08. The third kappa shape index (κ3) is 3.72. The molecule has 1 saturated heterocycles. The highest BCUT2D eigenvalue weighted by molar-refractivity contribution is 7.09. The van der Waals surface area contributed by atoms with Gasteiger partial charge >= 0.3 is 0 Å². The van der Waals surface area contributed by atoms with E-state index in [0.29, 0.717) is 25.5 Å². The maximum atomic E-state index is 14.0. The van der Waals surface area contributed by atoms with Crippen LogP contribution in [0.1, 0.15) is 19.2 Å². The van der Waals surface area contributed by atoms with Gasteiger partial charge in [-0.3, -0.25) is 0 Å². The molecule has 0 aliphatic carbocycles. The van der Waals surface area contributed by atoms with Crippen LogP contribution in [-0.4, -0.2) is 58.7 Å². The summed E-state index contributed by atoms with van der Waals surface area (Å²) in [7, 11) is 3.78. The lowest BCUT2D eigenvalue weighted by Crippen LogP contribution is -2.35. The molecule has 1 aliphatic rings. The average Bonchev–Trinajstić information content (AvgIpc) is 3.19. The average molecular weight is 351 g/mol. The number of nitrogens with one attached hydrogen (secondary N) is 1. The summed E-state index contributed by atoms with van der Waals surface area (Å²) in [5, 5.41) is 4.06. The number of hydrogen-bond acceptors (Lipinski definition) is 8. The summed E-state index contributed by atoms with van der Waals surface area (Å²) in [6.07, 6.45) is 2.16. The highest BCUT2D eigenvalue weighted by Gasteiger charge is 2.33. The van der Waals surface area contributed by atoms with Crippen LogP contribution in [0.25, 0.3) is 0 Å². The first kappa shape index (κ1) is 16.8. The van der Waals surface area contributed by atoms with Crippen molar-refractivity contribution in [1.29, 1.82) is 0 Å². The first-order valence-electron chi connectivity index (χ1n) is 8.04. The van der Waals surface area contributed by atoms with Crippen LogP contribution in [0.5, 0.6) is 0 Å². The lowest BCUT2D eigenvalue weighted by atomic mass is 10.2. The van der Waals surface area contributed by atoms with Gasteiger partial charge in [-0.1, -0.05) is 6.92 Å². The number of alkyl halides is 1. The molecular weight excluding hydrogens is 329 g/mol. The van der Waals surface area contributed by atoms with Crippen LogP contribution in [0.2, 0.25) is 0 Å². The molecule has 0 saturated carbocycles. The fourth-order valence-corrected chi connectivity index (χ4v) is 3.38. The molecule has 0 amide bonds. The topological polar surface area (TPSA) is 70.1 Å². The number of aromatic nitrogens is 4. The van der Waals surface area contributed by atoms with Gasteiger partial charge in [-0.05, 0) is 6.07 Å². The summed E-state index contributed by atoms with van der Waals surface area (Å²) in [6.45, 7) is 2.99. The Bertz CT molecular complexity index is 677. The van der Waals surface area contributed by atoms with Gasteiger partial charge in [-0.15, -0.1) is 0 Å². The van der Waals surface area contributed by atoms with Gasteiger partial charge in [-0.25, -0.2) is 14.4 Å². The molecule has 1 aliphatic heterocycles. The van der Waals surface area contributed by atoms with Gasteiger partial charge in [-0.2, -0.15) is 9.36 Å². The number of hydrogen-bond donors (Lipinski definition) is 1. The molecule has 3 rings (SSSR count). The minimum absolute atomic E-state index is 0.0267. The van der Waals surface area contributed by atoms with Crippen LogP contribution in [0.15, 0.2) is 12.3 Å². The van der Waals surface area contributed by atoms with Gasteiger partial charge in [0.25, 0.3) is 0 Å². The number of halogens is 1. The van der Waals surface area contributed by atoms with Crippen LogP contribution >= 0.6 is 11.5 Å². The Balaban J connectivity index is 1.70. The van der Waals surface area contributed by atoms with Gasteiger partial charge in [0.1, 0.15) is 17.8 Å². The molecule has 24 heavy (non-hydrogen) atoms. The van der Waals surface area contributed by atoms with Crippen LogP contribution in [0.3, 0.4) is 0 Å². The molecule has 1 fully saturated rings. The van der Waals surface area contributed by atoms with Crippen molar-refractivity contribution in [3.8, 4) is 0 Å². The van der Waals surface area contributed by atoms with E-state index in [4.69, 9.17) is 0 Å². The molecule has 1 N–H and O–H groups in total. The standard InChI is InChI=1S/C15H22FN7S/c1-4-12-19-15(24-21-12)18-8-11-7-10(16)9-23(11)13-5-6-17-14(20-13)22(2)3/h5-6,10-11H,4,7-9H2,1-3H3,(H,18,19,21)/t10-,11-/m0/s1. The first-order valence-corrected chi connectivity index (χ1v) is 8.81. The van der Waals surface area contributed by atoms with E-state index in [-0.39, 0.29) is 6.04 Å². The van der Waals surface area contributed by atoms with Crippen molar-refractivity contribution in [2.45, 2.75) is 32.0 Å². The van der Waals surface area contributed by atoms with Crippen LogP contribution in [0.4, 0.5) is 21.3 Å². The molecule has 2 aromatic rings. The van der Waals surface area contributed by atoms with Crippen LogP contribution in [0, 0.1) is 0 Å². The molecule has 0 spiro atoms. The quantitative estimate of drug-likeness (QED) is 0.853. The minimum atomic E-state index is -0.852. The SMILES string of the molecule is CCc1nsc(NC[C@@H]2C[C@H](F)CN2c2ccnc(N(C)C)n2)n1. The van der Waals surface area contributed by atoms with Crippen molar-refractivity contribution < 1.29 is 4.39 Å². The second kappa shape index (κ2) is 7.25. The second-order valence-corrected chi connectivity index (χ2v) is 6.75. The fraction of sp³-hybridized carbons (Fsp3) is 0.600. The van der Waals surface area contributed by atoms with Gasteiger partial charge < -0.3 is 15.1 Å². The van der Waals surface area contributed by atoms with E-state index in [1.807, 2.05) is 36.9 Å². The van der Waals surface area contributed by atoms with E-state index in [9.17, 15) is 4.39 Å². The highest BCUT2D eigenvalue weighted by Crippen LogP contribution is 2.27. The Labute approximate surface area is 145 Å². The lowest BCUT2D eigenvalue weighted by Gasteiger charge is -2.26. The predicted octanol–water partition coefficient (Wildman–Crippen LogP) is 1.99. The van der Waals surface area contributed by atoms with Crippen LogP contribution < -0.4 is 15.1 Å². The van der Waals surface area contributed by atoms with Crippen molar-refractivity contribution in [2.75, 3.05) is 42.3 Å². The second-order valence-electron chi connectivity index (χ2n) is 6.00. The molecule has 0 bridgehead atoms. The largest absolute Gasteiger partial charge is 0.358 e. The first-order chi connectivity index (χ1) is 11.6. The summed E-state index contributed by atoms with van der Waals surface area (Å²) in [5.41, 5.74) is 0. The van der Waals surface area contributed by atoms with Gasteiger partial charge in [0.15, 0.2) is 0 Å². The Morgan fingerprint density at radius 2 is 2.25 bits per heavy atom. The molecule has 0 radical (unpaired) electrons. The summed E-state index contributed by atoms with van der Waals surface area (Å²) < 4.78 is 18.3. The zero-order valence-electron chi connectivity index (χ0n) is 14.1. The van der Waals surface area contributed by atoms with Crippen molar-refractivity contribution in [3.05, 3.63) is 18.1 Å². The fourth-order valence-electron chi connectivity index (χ4n) is 2.72. The molecule has 2 aromatic heterocycles. The van der Waals surface area contributed by atoms with Crippen molar-refractivity contribution >= 4 is 28.4 Å². The summed E-state index contributed by atoms with van der Waals surface area (Å²) in [6, 6.07) is 1.86. The van der Waals surface area contributed by atoms with E-state index in [1.54, 1.807) is 6.20 Å². The monoisotopic (exact) mass is 351 g/mol. The number of nitrogens with zero attached hydrogens (tertiary/aromatic N) is 6. The van der Waals surface area contributed by atoms with E-state index in [0.717, 1.165) is 23.2 Å². The molecule has 9 heteroatoms. The lowest BCUT2D eigenvalue weighted by molar-refractivity contribution is 0.357. The molecule has 7 nitrogen and oxygen atoms in total. The summed E-state index contributed by atoms with van der Waals surface area (Å²) in [4.78, 5) is 17.0. The zero-order chi connectivity index (χ0) is 17.1. The van der Waals surface area contributed by atoms with Gasteiger partial charge in [0.05, 0.1) is 12.6 Å². The van der Waals surface area contributed by atoms with E-state index in [2.05, 4.69) is 24.6 Å². The van der Waals surface area contributed by atoms with Crippen molar-refractivity contribution in [2.24, 2.45) is 0 Å². The maximum Gasteiger partial charge on any atom is 0.226 e. The number of rotatable bonds is 6.